The van der Waals surface area contributed by atoms with E-state index in [1.165, 1.54) is 23.5 Å². The molecule has 0 aliphatic heterocycles. The average molecular weight is 315 g/mol. The van der Waals surface area contributed by atoms with E-state index >= 15 is 0 Å². The molecule has 0 spiro atoms. The molecule has 1 aromatic carbocycles. The van der Waals surface area contributed by atoms with E-state index in [9.17, 15) is 10.1 Å². The molecule has 0 bridgehead atoms. The Morgan fingerprint density at radius 2 is 2.29 bits per heavy atom. The van der Waals surface area contributed by atoms with E-state index in [2.05, 4.69) is 20.9 Å². The van der Waals surface area contributed by atoms with Crippen molar-refractivity contribution in [3.05, 3.63) is 43.9 Å². The second-order valence-corrected chi connectivity index (χ2v) is 4.88. The first kappa shape index (κ1) is 12.0. The summed E-state index contributed by atoms with van der Waals surface area (Å²) in [6, 6.07) is 4.45. The molecule has 88 valence electrons. The summed E-state index contributed by atoms with van der Waals surface area (Å²) in [7, 11) is 0. The number of ether oxygens (including phenoxy) is 1. The summed E-state index contributed by atoms with van der Waals surface area (Å²) in [5.74, 6) is 0.567. The van der Waals surface area contributed by atoms with Crippen LogP contribution in [-0.4, -0.2) is 9.91 Å². The fourth-order valence-electron chi connectivity index (χ4n) is 1.24. The fourth-order valence-corrected chi connectivity index (χ4v) is 2.34. The van der Waals surface area contributed by atoms with E-state index in [4.69, 9.17) is 4.74 Å². The number of non-ortho nitro benzene ring substituents is 1. The summed E-state index contributed by atoms with van der Waals surface area (Å²) >= 11 is 4.57. The number of hydrogen-bond acceptors (Lipinski definition) is 5. The highest BCUT2D eigenvalue weighted by atomic mass is 79.9. The largest absolute Gasteiger partial charge is 0.431 e. The molecule has 0 fully saturated rings. The van der Waals surface area contributed by atoms with Crippen LogP contribution < -0.4 is 4.74 Å². The van der Waals surface area contributed by atoms with E-state index in [1.54, 1.807) is 18.4 Å². The third-order valence-corrected chi connectivity index (χ3v) is 3.45. The van der Waals surface area contributed by atoms with Gasteiger partial charge in [-0.1, -0.05) is 11.3 Å². The van der Waals surface area contributed by atoms with Crippen LogP contribution in [0.15, 0.2) is 28.2 Å². The van der Waals surface area contributed by atoms with Crippen LogP contribution in [-0.2, 0) is 0 Å². The molecule has 2 aromatic rings. The van der Waals surface area contributed by atoms with Crippen LogP contribution in [0.1, 0.15) is 5.56 Å². The van der Waals surface area contributed by atoms with E-state index < -0.39 is 4.92 Å². The molecule has 0 atom stereocenters. The Bertz CT molecular complexity index is 570. The van der Waals surface area contributed by atoms with Crippen LogP contribution in [0.2, 0.25) is 0 Å². The van der Waals surface area contributed by atoms with Crippen LogP contribution in [0, 0.1) is 17.0 Å². The Balaban J connectivity index is 2.25. The molecule has 0 radical (unpaired) electrons. The molecular formula is C10H7BrN2O3S. The van der Waals surface area contributed by atoms with Gasteiger partial charge in [-0.05, 0) is 34.5 Å². The smallest absolute Gasteiger partial charge is 0.279 e. The number of halogens is 1. The lowest BCUT2D eigenvalue weighted by Gasteiger charge is -2.04. The third-order valence-electron chi connectivity index (χ3n) is 2.02. The first-order valence-corrected chi connectivity index (χ1v) is 6.27. The minimum absolute atomic E-state index is 0.0511. The Morgan fingerprint density at radius 3 is 2.82 bits per heavy atom. The minimum atomic E-state index is -0.434. The van der Waals surface area contributed by atoms with Gasteiger partial charge in [0.2, 0.25) is 0 Å². The monoisotopic (exact) mass is 314 g/mol. The summed E-state index contributed by atoms with van der Waals surface area (Å²) in [5.41, 5.74) is 0.751. The Labute approximate surface area is 109 Å². The van der Waals surface area contributed by atoms with Crippen LogP contribution in [0.4, 0.5) is 5.69 Å². The van der Waals surface area contributed by atoms with Gasteiger partial charge in [-0.25, -0.2) is 0 Å². The van der Waals surface area contributed by atoms with Crippen LogP contribution in [0.3, 0.4) is 0 Å². The summed E-state index contributed by atoms with van der Waals surface area (Å²) in [4.78, 5) is 14.2. The second-order valence-electron chi connectivity index (χ2n) is 3.25. The van der Waals surface area contributed by atoms with Gasteiger partial charge in [0.25, 0.3) is 10.9 Å². The summed E-state index contributed by atoms with van der Waals surface area (Å²) < 4.78 is 6.23. The Hall–Kier alpha value is -1.47. The van der Waals surface area contributed by atoms with E-state index in [1.807, 2.05) is 0 Å². The molecule has 2 rings (SSSR count). The van der Waals surface area contributed by atoms with Gasteiger partial charge in [0.15, 0.2) is 0 Å². The number of thiazole rings is 1. The van der Waals surface area contributed by atoms with Crippen molar-refractivity contribution in [1.29, 1.82) is 0 Å². The lowest BCUT2D eigenvalue weighted by atomic mass is 10.2. The molecule has 0 aliphatic rings. The van der Waals surface area contributed by atoms with Crippen molar-refractivity contribution in [2.45, 2.75) is 6.92 Å². The van der Waals surface area contributed by atoms with Crippen molar-refractivity contribution in [2.24, 2.45) is 0 Å². The third kappa shape index (κ3) is 2.80. The SMILES string of the molecule is Cc1cc([N+](=O)[O-])ccc1Oc1nc(Br)cs1. The van der Waals surface area contributed by atoms with Gasteiger partial charge < -0.3 is 4.74 Å². The molecule has 5 nitrogen and oxygen atoms in total. The van der Waals surface area contributed by atoms with Crippen LogP contribution >= 0.6 is 27.3 Å². The van der Waals surface area contributed by atoms with E-state index in [0.717, 1.165) is 0 Å². The minimum Gasteiger partial charge on any atom is -0.431 e. The average Bonchev–Trinajstić information content (AvgIpc) is 2.67. The molecule has 17 heavy (non-hydrogen) atoms. The van der Waals surface area contributed by atoms with Gasteiger partial charge in [-0.3, -0.25) is 10.1 Å². The number of nitro benzene ring substituents is 1. The number of aromatic nitrogens is 1. The molecular weight excluding hydrogens is 308 g/mol. The zero-order valence-corrected chi connectivity index (χ0v) is 11.1. The second kappa shape index (κ2) is 4.80. The van der Waals surface area contributed by atoms with Crippen molar-refractivity contribution in [2.75, 3.05) is 0 Å². The maximum Gasteiger partial charge on any atom is 0.279 e. The van der Waals surface area contributed by atoms with Crippen molar-refractivity contribution in [1.82, 2.24) is 4.98 Å². The van der Waals surface area contributed by atoms with E-state index in [0.29, 0.717) is 21.1 Å². The summed E-state index contributed by atoms with van der Waals surface area (Å²) in [6.07, 6.45) is 0. The molecule has 0 saturated heterocycles. The topological polar surface area (TPSA) is 65.3 Å². The molecule has 1 heterocycles. The molecule has 0 unspecified atom stereocenters. The number of benzene rings is 1. The van der Waals surface area contributed by atoms with Crippen molar-refractivity contribution < 1.29 is 9.66 Å². The van der Waals surface area contributed by atoms with Gasteiger partial charge in [-0.15, -0.1) is 0 Å². The first-order valence-electron chi connectivity index (χ1n) is 4.60. The lowest BCUT2D eigenvalue weighted by molar-refractivity contribution is -0.384. The predicted molar refractivity (Wildman–Crippen MR) is 67.7 cm³/mol. The zero-order valence-electron chi connectivity index (χ0n) is 8.71. The Kier molecular flexibility index (Phi) is 3.39. The van der Waals surface area contributed by atoms with Crippen molar-refractivity contribution >= 4 is 33.0 Å². The van der Waals surface area contributed by atoms with Crippen LogP contribution in [0.5, 0.6) is 10.9 Å². The fraction of sp³-hybridized carbons (Fsp3) is 0.100. The maximum atomic E-state index is 10.6. The lowest BCUT2D eigenvalue weighted by Crippen LogP contribution is -1.91. The van der Waals surface area contributed by atoms with Crippen LogP contribution in [0.25, 0.3) is 0 Å². The van der Waals surface area contributed by atoms with Gasteiger partial charge in [0.1, 0.15) is 10.4 Å². The van der Waals surface area contributed by atoms with Crippen molar-refractivity contribution in [3.8, 4) is 10.9 Å². The summed E-state index contributed by atoms with van der Waals surface area (Å²) in [5, 5.41) is 12.9. The number of aryl methyl sites for hydroxylation is 1. The quantitative estimate of drug-likeness (QED) is 0.636. The number of nitro groups is 1. The molecule has 7 heteroatoms. The molecule has 0 amide bonds. The molecule has 0 N–H and O–H groups in total. The highest BCUT2D eigenvalue weighted by Crippen LogP contribution is 2.30. The predicted octanol–water partition coefficient (Wildman–Crippen LogP) is 3.91. The molecule has 0 aliphatic carbocycles. The van der Waals surface area contributed by atoms with Crippen molar-refractivity contribution in [3.63, 3.8) is 0 Å². The highest BCUT2D eigenvalue weighted by molar-refractivity contribution is 9.10. The normalized spacial score (nSPS) is 10.2. The Morgan fingerprint density at radius 1 is 1.53 bits per heavy atom. The summed E-state index contributed by atoms with van der Waals surface area (Å²) in [6.45, 7) is 1.75. The first-order chi connectivity index (χ1) is 8.06. The number of hydrogen-bond donors (Lipinski definition) is 0. The molecule has 1 aromatic heterocycles. The van der Waals surface area contributed by atoms with E-state index in [-0.39, 0.29) is 5.69 Å². The number of rotatable bonds is 3. The number of nitrogens with zero attached hydrogens (tertiary/aromatic N) is 2. The van der Waals surface area contributed by atoms with Gasteiger partial charge >= 0.3 is 0 Å². The van der Waals surface area contributed by atoms with Gasteiger partial charge in [-0.2, -0.15) is 4.98 Å². The standard InChI is InChI=1S/C10H7BrN2O3S/c1-6-4-7(13(14)15)2-3-8(6)16-10-12-9(11)5-17-10/h2-5H,1H3. The maximum absolute atomic E-state index is 10.6. The molecule has 0 saturated carbocycles. The zero-order chi connectivity index (χ0) is 12.4. The highest BCUT2D eigenvalue weighted by Gasteiger charge is 2.10. The van der Waals surface area contributed by atoms with Gasteiger partial charge in [0.05, 0.1) is 4.92 Å². The van der Waals surface area contributed by atoms with Gasteiger partial charge in [0, 0.05) is 17.5 Å².